The molecule has 1 atom stereocenters. The van der Waals surface area contributed by atoms with Gasteiger partial charge in [0, 0.05) is 5.39 Å². The Morgan fingerprint density at radius 3 is 2.85 bits per heavy atom. The smallest absolute Gasteiger partial charge is 0.148 e. The molecule has 0 bridgehead atoms. The van der Waals surface area contributed by atoms with Crippen molar-refractivity contribution in [2.75, 3.05) is 0 Å². The van der Waals surface area contributed by atoms with Crippen molar-refractivity contribution < 1.29 is 9.52 Å². The van der Waals surface area contributed by atoms with E-state index < -0.39 is 6.10 Å². The highest BCUT2D eigenvalue weighted by atomic mass is 79.9. The number of para-hydroxylation sites is 1. The predicted octanol–water partition coefficient (Wildman–Crippen LogP) is 5.51. The maximum atomic E-state index is 10.6. The molecule has 0 fully saturated rings. The molecule has 2 aromatic rings. The summed E-state index contributed by atoms with van der Waals surface area (Å²) in [5.74, 6) is 0.652. The van der Waals surface area contributed by atoms with E-state index in [0.29, 0.717) is 5.76 Å². The second-order valence-electron chi connectivity index (χ2n) is 5.44. The topological polar surface area (TPSA) is 33.4 Å². The number of aliphatic hydroxyl groups is 1. The van der Waals surface area contributed by atoms with Gasteiger partial charge in [0.15, 0.2) is 0 Å². The third-order valence-electron chi connectivity index (χ3n) is 3.96. The van der Waals surface area contributed by atoms with Crippen molar-refractivity contribution >= 4 is 26.9 Å². The van der Waals surface area contributed by atoms with Gasteiger partial charge in [-0.05, 0) is 59.3 Å². The molecule has 0 amide bonds. The van der Waals surface area contributed by atoms with Crippen LogP contribution in [0.25, 0.3) is 11.0 Å². The van der Waals surface area contributed by atoms with Crippen molar-refractivity contribution in [2.24, 2.45) is 0 Å². The normalized spacial score (nSPS) is 21.0. The van der Waals surface area contributed by atoms with Gasteiger partial charge < -0.3 is 9.52 Å². The molecule has 0 radical (unpaired) electrons. The Morgan fingerprint density at radius 1 is 1.15 bits per heavy atom. The largest absolute Gasteiger partial charge is 0.457 e. The Hall–Kier alpha value is -1.06. The molecule has 0 aliphatic heterocycles. The summed E-state index contributed by atoms with van der Waals surface area (Å²) in [5, 5.41) is 11.6. The second kappa shape index (κ2) is 6.15. The summed E-state index contributed by atoms with van der Waals surface area (Å²) in [6.07, 6.45) is 8.58. The molecule has 1 aromatic heterocycles. The molecule has 3 heteroatoms. The van der Waals surface area contributed by atoms with Gasteiger partial charge in [-0.25, -0.2) is 0 Å². The van der Waals surface area contributed by atoms with Crippen LogP contribution in [-0.4, -0.2) is 5.11 Å². The van der Waals surface area contributed by atoms with Gasteiger partial charge in [-0.15, -0.1) is 0 Å². The Kier molecular flexibility index (Phi) is 4.27. The van der Waals surface area contributed by atoms with Crippen molar-refractivity contribution in [3.8, 4) is 0 Å². The molecule has 1 N–H and O–H groups in total. The molecule has 0 spiro atoms. The quantitative estimate of drug-likeness (QED) is 0.734. The summed E-state index contributed by atoms with van der Waals surface area (Å²) >= 11 is 3.49. The minimum Gasteiger partial charge on any atom is -0.457 e. The minimum absolute atomic E-state index is 0.604. The summed E-state index contributed by atoms with van der Waals surface area (Å²) in [4.78, 5) is 0. The molecule has 20 heavy (non-hydrogen) atoms. The third-order valence-corrected chi connectivity index (χ3v) is 4.59. The van der Waals surface area contributed by atoms with Gasteiger partial charge in [-0.2, -0.15) is 0 Å². The van der Waals surface area contributed by atoms with Crippen molar-refractivity contribution in [1.29, 1.82) is 0 Å². The molecule has 1 aliphatic carbocycles. The van der Waals surface area contributed by atoms with Crippen LogP contribution in [0.15, 0.2) is 44.8 Å². The first-order valence-corrected chi connectivity index (χ1v) is 8.10. The Bertz CT molecular complexity index is 627. The highest BCUT2D eigenvalue weighted by Gasteiger charge is 2.19. The zero-order valence-corrected chi connectivity index (χ0v) is 13.0. The van der Waals surface area contributed by atoms with E-state index in [4.69, 9.17) is 4.42 Å². The Labute approximate surface area is 127 Å². The lowest BCUT2D eigenvalue weighted by molar-refractivity contribution is 0.182. The van der Waals surface area contributed by atoms with Crippen LogP contribution in [0.4, 0.5) is 0 Å². The molecular weight excluding hydrogens is 316 g/mol. The van der Waals surface area contributed by atoms with Gasteiger partial charge in [-0.3, -0.25) is 0 Å². The number of rotatable bonds is 2. The predicted molar refractivity (Wildman–Crippen MR) is 84.7 cm³/mol. The molecule has 1 aliphatic rings. The molecule has 0 saturated heterocycles. The number of hydrogen-bond donors (Lipinski definition) is 1. The van der Waals surface area contributed by atoms with Crippen LogP contribution >= 0.6 is 15.9 Å². The van der Waals surface area contributed by atoms with Gasteiger partial charge in [0.05, 0.1) is 4.47 Å². The van der Waals surface area contributed by atoms with Crippen LogP contribution in [0.2, 0.25) is 0 Å². The molecule has 1 unspecified atom stereocenters. The van der Waals surface area contributed by atoms with Crippen molar-refractivity contribution in [1.82, 2.24) is 0 Å². The summed E-state index contributed by atoms with van der Waals surface area (Å²) in [6.45, 7) is 0. The molecular formula is C17H19BrO2. The molecule has 3 rings (SSSR count). The standard InChI is InChI=1S/C17H19BrO2/c18-14-10-6-9-13-11-15(20-17(13)14)16(19)12-7-4-2-1-3-5-8-12/h6-7,9-11,16,19H,1-5,8H2/b12-7+. The number of allylic oxidation sites excluding steroid dienone is 1. The lowest BCUT2D eigenvalue weighted by atomic mass is 9.95. The van der Waals surface area contributed by atoms with Gasteiger partial charge in [0.2, 0.25) is 0 Å². The third kappa shape index (κ3) is 2.84. The fourth-order valence-electron chi connectivity index (χ4n) is 2.83. The first kappa shape index (κ1) is 13.9. The number of benzene rings is 1. The van der Waals surface area contributed by atoms with Crippen molar-refractivity contribution in [3.63, 3.8) is 0 Å². The Balaban J connectivity index is 1.91. The van der Waals surface area contributed by atoms with Gasteiger partial charge in [-0.1, -0.05) is 31.1 Å². The fourth-order valence-corrected chi connectivity index (χ4v) is 3.29. The molecule has 2 nitrogen and oxygen atoms in total. The van der Waals surface area contributed by atoms with Crippen LogP contribution in [-0.2, 0) is 0 Å². The maximum Gasteiger partial charge on any atom is 0.148 e. The van der Waals surface area contributed by atoms with Gasteiger partial charge in [0.1, 0.15) is 17.4 Å². The van der Waals surface area contributed by atoms with Crippen LogP contribution in [0.5, 0.6) is 0 Å². The summed E-state index contributed by atoms with van der Waals surface area (Å²) in [6, 6.07) is 7.89. The molecule has 106 valence electrons. The highest BCUT2D eigenvalue weighted by Crippen LogP contribution is 2.34. The lowest BCUT2D eigenvalue weighted by Gasteiger charge is -2.15. The Morgan fingerprint density at radius 2 is 2.00 bits per heavy atom. The summed E-state index contributed by atoms with van der Waals surface area (Å²) < 4.78 is 6.78. The van der Waals surface area contributed by atoms with E-state index in [9.17, 15) is 5.11 Å². The SMILES string of the molecule is OC(/C1=C/CCCCCC1)c1cc2cccc(Br)c2o1. The minimum atomic E-state index is -0.604. The molecule has 0 saturated carbocycles. The fraction of sp³-hybridized carbons (Fsp3) is 0.412. The monoisotopic (exact) mass is 334 g/mol. The molecule has 1 heterocycles. The summed E-state index contributed by atoms with van der Waals surface area (Å²) in [5.41, 5.74) is 1.92. The van der Waals surface area contributed by atoms with Gasteiger partial charge in [0.25, 0.3) is 0 Å². The first-order valence-electron chi connectivity index (χ1n) is 7.30. The van der Waals surface area contributed by atoms with E-state index in [2.05, 4.69) is 22.0 Å². The van der Waals surface area contributed by atoms with Crippen LogP contribution < -0.4 is 0 Å². The van der Waals surface area contributed by atoms with Gasteiger partial charge >= 0.3 is 0 Å². The highest BCUT2D eigenvalue weighted by molar-refractivity contribution is 9.10. The van der Waals surface area contributed by atoms with Crippen LogP contribution in [0.1, 0.15) is 50.4 Å². The number of fused-ring (bicyclic) bond motifs is 1. The number of furan rings is 1. The average molecular weight is 335 g/mol. The maximum absolute atomic E-state index is 10.6. The van der Waals surface area contributed by atoms with E-state index in [1.165, 1.54) is 19.3 Å². The average Bonchev–Trinajstić information content (AvgIpc) is 2.83. The van der Waals surface area contributed by atoms with E-state index >= 15 is 0 Å². The second-order valence-corrected chi connectivity index (χ2v) is 6.30. The number of halogens is 1. The summed E-state index contributed by atoms with van der Waals surface area (Å²) in [7, 11) is 0. The van der Waals surface area contributed by atoms with Crippen LogP contribution in [0, 0.1) is 0 Å². The van der Waals surface area contributed by atoms with E-state index in [-0.39, 0.29) is 0 Å². The van der Waals surface area contributed by atoms with E-state index in [1.54, 1.807) is 0 Å². The first-order chi connectivity index (χ1) is 9.75. The van der Waals surface area contributed by atoms with Crippen molar-refractivity contribution in [3.05, 3.63) is 46.1 Å². The molecule has 1 aromatic carbocycles. The van der Waals surface area contributed by atoms with E-state index in [1.807, 2.05) is 24.3 Å². The zero-order valence-electron chi connectivity index (χ0n) is 11.4. The number of hydrogen-bond acceptors (Lipinski definition) is 2. The van der Waals surface area contributed by atoms with Crippen LogP contribution in [0.3, 0.4) is 0 Å². The van der Waals surface area contributed by atoms with Crippen molar-refractivity contribution in [2.45, 2.75) is 44.6 Å². The van der Waals surface area contributed by atoms with E-state index in [0.717, 1.165) is 40.3 Å². The zero-order chi connectivity index (χ0) is 13.9. The number of aliphatic hydroxyl groups excluding tert-OH is 1. The lowest BCUT2D eigenvalue weighted by Crippen LogP contribution is -2.02.